The minimum Gasteiger partial charge on any atom is -0.454 e. The number of rotatable bonds is 4. The molecule has 0 radical (unpaired) electrons. The van der Waals surface area contributed by atoms with Crippen molar-refractivity contribution in [2.24, 2.45) is 5.73 Å². The van der Waals surface area contributed by atoms with Gasteiger partial charge in [0.05, 0.1) is 5.69 Å². The molecule has 0 saturated carbocycles. The number of H-pyrrole nitrogens is 1. The molecular weight excluding hydrogens is 254 g/mol. The molecule has 0 amide bonds. The SMILES string of the molecule is CC(C)c1cc(C(CN)c2ccc3c(c2)OCO3)[nH]n1. The van der Waals surface area contributed by atoms with Gasteiger partial charge < -0.3 is 15.2 Å². The molecule has 20 heavy (non-hydrogen) atoms. The molecule has 1 aliphatic heterocycles. The molecule has 5 heteroatoms. The van der Waals surface area contributed by atoms with Crippen molar-refractivity contribution in [1.82, 2.24) is 10.2 Å². The molecule has 2 heterocycles. The maximum Gasteiger partial charge on any atom is 0.231 e. The van der Waals surface area contributed by atoms with Crippen molar-refractivity contribution in [3.8, 4) is 11.5 Å². The summed E-state index contributed by atoms with van der Waals surface area (Å²) >= 11 is 0. The van der Waals surface area contributed by atoms with Crippen LogP contribution in [0.1, 0.15) is 42.6 Å². The molecule has 3 N–H and O–H groups in total. The summed E-state index contributed by atoms with van der Waals surface area (Å²) in [6.07, 6.45) is 0. The van der Waals surface area contributed by atoms with E-state index in [1.807, 2.05) is 18.2 Å². The molecule has 0 bridgehead atoms. The third-order valence-corrected chi connectivity index (χ3v) is 3.62. The number of aromatic amines is 1. The molecule has 1 aliphatic rings. The minimum absolute atomic E-state index is 0.0875. The van der Waals surface area contributed by atoms with Gasteiger partial charge in [0.25, 0.3) is 0 Å². The average molecular weight is 273 g/mol. The van der Waals surface area contributed by atoms with Gasteiger partial charge in [0.2, 0.25) is 6.79 Å². The number of aromatic nitrogens is 2. The summed E-state index contributed by atoms with van der Waals surface area (Å²) in [5, 5.41) is 7.45. The van der Waals surface area contributed by atoms with Crippen LogP contribution in [-0.4, -0.2) is 23.5 Å². The predicted molar refractivity (Wildman–Crippen MR) is 76.1 cm³/mol. The Morgan fingerprint density at radius 2 is 2.05 bits per heavy atom. The highest BCUT2D eigenvalue weighted by atomic mass is 16.7. The lowest BCUT2D eigenvalue weighted by Gasteiger charge is -2.13. The summed E-state index contributed by atoms with van der Waals surface area (Å²) < 4.78 is 10.8. The molecule has 3 rings (SSSR count). The first kappa shape index (κ1) is 13.0. The van der Waals surface area contributed by atoms with Crippen molar-refractivity contribution < 1.29 is 9.47 Å². The van der Waals surface area contributed by atoms with Crippen LogP contribution in [0.3, 0.4) is 0 Å². The van der Waals surface area contributed by atoms with Crippen LogP contribution < -0.4 is 15.2 Å². The van der Waals surface area contributed by atoms with Gasteiger partial charge in [-0.15, -0.1) is 0 Å². The highest BCUT2D eigenvalue weighted by molar-refractivity contribution is 5.47. The van der Waals surface area contributed by atoms with E-state index in [2.05, 4.69) is 30.1 Å². The van der Waals surface area contributed by atoms with Gasteiger partial charge in [-0.25, -0.2) is 0 Å². The molecule has 1 atom stereocenters. The summed E-state index contributed by atoms with van der Waals surface area (Å²) in [5.41, 5.74) is 9.15. The first-order valence-electron chi connectivity index (χ1n) is 6.84. The summed E-state index contributed by atoms with van der Waals surface area (Å²) in [7, 11) is 0. The van der Waals surface area contributed by atoms with Crippen molar-refractivity contribution in [3.05, 3.63) is 41.2 Å². The van der Waals surface area contributed by atoms with Gasteiger partial charge in [-0.2, -0.15) is 5.10 Å². The predicted octanol–water partition coefficient (Wildman–Crippen LogP) is 2.35. The van der Waals surface area contributed by atoms with Crippen LogP contribution in [0.15, 0.2) is 24.3 Å². The Morgan fingerprint density at radius 1 is 1.25 bits per heavy atom. The standard InChI is InChI=1S/C15H19N3O2/c1-9(2)12-6-13(18-17-12)11(7-16)10-3-4-14-15(5-10)20-8-19-14/h3-6,9,11H,7-8,16H2,1-2H3,(H,17,18). The zero-order valence-corrected chi connectivity index (χ0v) is 11.7. The quantitative estimate of drug-likeness (QED) is 0.897. The number of nitrogens with zero attached hydrogens (tertiary/aromatic N) is 1. The van der Waals surface area contributed by atoms with Crippen LogP contribution in [0, 0.1) is 0 Å². The van der Waals surface area contributed by atoms with Crippen LogP contribution in [-0.2, 0) is 0 Å². The van der Waals surface area contributed by atoms with Gasteiger partial charge in [-0.3, -0.25) is 5.10 Å². The molecular formula is C15H19N3O2. The first-order valence-corrected chi connectivity index (χ1v) is 6.84. The second-order valence-electron chi connectivity index (χ2n) is 5.30. The van der Waals surface area contributed by atoms with E-state index in [0.29, 0.717) is 12.5 Å². The lowest BCUT2D eigenvalue weighted by Crippen LogP contribution is -2.14. The van der Waals surface area contributed by atoms with Crippen molar-refractivity contribution in [3.63, 3.8) is 0 Å². The zero-order chi connectivity index (χ0) is 14.1. The zero-order valence-electron chi connectivity index (χ0n) is 11.7. The van der Waals surface area contributed by atoms with Gasteiger partial charge >= 0.3 is 0 Å². The van der Waals surface area contributed by atoms with Crippen LogP contribution in [0.25, 0.3) is 0 Å². The largest absolute Gasteiger partial charge is 0.454 e. The maximum atomic E-state index is 5.95. The fourth-order valence-electron chi connectivity index (χ4n) is 2.40. The molecule has 1 aromatic heterocycles. The molecule has 0 aliphatic carbocycles. The number of nitrogens with one attached hydrogen (secondary N) is 1. The number of hydrogen-bond donors (Lipinski definition) is 2. The van der Waals surface area contributed by atoms with Crippen LogP contribution in [0.2, 0.25) is 0 Å². The van der Waals surface area contributed by atoms with E-state index in [9.17, 15) is 0 Å². The summed E-state index contributed by atoms with van der Waals surface area (Å²) in [4.78, 5) is 0. The Morgan fingerprint density at radius 3 is 2.75 bits per heavy atom. The van der Waals surface area contributed by atoms with E-state index in [0.717, 1.165) is 28.5 Å². The summed E-state index contributed by atoms with van der Waals surface area (Å²) in [6, 6.07) is 8.05. The second kappa shape index (κ2) is 5.17. The molecule has 1 aromatic carbocycles. The first-order chi connectivity index (χ1) is 9.69. The number of ether oxygens (including phenoxy) is 2. The third kappa shape index (κ3) is 2.25. The molecule has 0 saturated heterocycles. The van der Waals surface area contributed by atoms with E-state index < -0.39 is 0 Å². The lowest BCUT2D eigenvalue weighted by atomic mass is 9.94. The Bertz CT molecular complexity index is 607. The number of benzene rings is 1. The normalized spacial score (nSPS) is 14.8. The number of hydrogen-bond acceptors (Lipinski definition) is 4. The molecule has 0 spiro atoms. The van der Waals surface area contributed by atoms with Crippen LogP contribution >= 0.6 is 0 Å². The lowest BCUT2D eigenvalue weighted by molar-refractivity contribution is 0.174. The van der Waals surface area contributed by atoms with E-state index in [1.54, 1.807) is 0 Å². The van der Waals surface area contributed by atoms with Crippen molar-refractivity contribution in [1.29, 1.82) is 0 Å². The van der Waals surface area contributed by atoms with Gasteiger partial charge in [0.1, 0.15) is 0 Å². The van der Waals surface area contributed by atoms with E-state index in [-0.39, 0.29) is 12.7 Å². The van der Waals surface area contributed by atoms with Crippen LogP contribution in [0.5, 0.6) is 11.5 Å². The smallest absolute Gasteiger partial charge is 0.231 e. The number of fused-ring (bicyclic) bond motifs is 1. The van der Waals surface area contributed by atoms with Gasteiger partial charge in [-0.1, -0.05) is 19.9 Å². The molecule has 2 aromatic rings. The highest BCUT2D eigenvalue weighted by Gasteiger charge is 2.20. The van der Waals surface area contributed by atoms with Crippen molar-refractivity contribution in [2.75, 3.05) is 13.3 Å². The second-order valence-corrected chi connectivity index (χ2v) is 5.30. The molecule has 1 unspecified atom stereocenters. The topological polar surface area (TPSA) is 73.2 Å². The fraction of sp³-hybridized carbons (Fsp3) is 0.400. The van der Waals surface area contributed by atoms with Crippen molar-refractivity contribution >= 4 is 0 Å². The molecule has 5 nitrogen and oxygen atoms in total. The monoisotopic (exact) mass is 273 g/mol. The Balaban J connectivity index is 1.92. The highest BCUT2D eigenvalue weighted by Crippen LogP contribution is 2.36. The van der Waals surface area contributed by atoms with Crippen molar-refractivity contribution in [2.45, 2.75) is 25.7 Å². The summed E-state index contributed by atoms with van der Waals surface area (Å²) in [6.45, 7) is 5.04. The third-order valence-electron chi connectivity index (χ3n) is 3.62. The van der Waals surface area contributed by atoms with E-state index >= 15 is 0 Å². The van der Waals surface area contributed by atoms with E-state index in [4.69, 9.17) is 15.2 Å². The van der Waals surface area contributed by atoms with Crippen LogP contribution in [0.4, 0.5) is 0 Å². The Kier molecular flexibility index (Phi) is 3.36. The van der Waals surface area contributed by atoms with Gasteiger partial charge in [0, 0.05) is 18.2 Å². The maximum absolute atomic E-state index is 5.95. The van der Waals surface area contributed by atoms with Gasteiger partial charge in [-0.05, 0) is 29.7 Å². The summed E-state index contributed by atoms with van der Waals surface area (Å²) in [5.74, 6) is 2.06. The molecule has 106 valence electrons. The minimum atomic E-state index is 0.0875. The fourth-order valence-corrected chi connectivity index (χ4v) is 2.40. The molecule has 0 fully saturated rings. The van der Waals surface area contributed by atoms with Gasteiger partial charge in [0.15, 0.2) is 11.5 Å². The van der Waals surface area contributed by atoms with E-state index in [1.165, 1.54) is 0 Å². The Labute approximate surface area is 118 Å². The number of nitrogens with two attached hydrogens (primary N) is 1. The average Bonchev–Trinajstić information content (AvgIpc) is 3.07. The Hall–Kier alpha value is -2.01.